The summed E-state index contributed by atoms with van der Waals surface area (Å²) in [7, 11) is 0. The first kappa shape index (κ1) is 13.5. The third-order valence-corrected chi connectivity index (χ3v) is 3.37. The molecule has 0 unspecified atom stereocenters. The summed E-state index contributed by atoms with van der Waals surface area (Å²) < 4.78 is 13.7. The monoisotopic (exact) mass is 300 g/mol. The number of carbonyl (C=O) groups is 1. The van der Waals surface area contributed by atoms with E-state index in [1.807, 2.05) is 6.07 Å². The lowest BCUT2D eigenvalue weighted by atomic mass is 10.2. The summed E-state index contributed by atoms with van der Waals surface area (Å²) in [6, 6.07) is 13.3. The molecule has 5 heteroatoms. The Bertz CT molecular complexity index is 783. The van der Waals surface area contributed by atoms with Crippen LogP contribution in [0.1, 0.15) is 11.1 Å². The van der Waals surface area contributed by atoms with E-state index in [1.54, 1.807) is 42.5 Å². The lowest BCUT2D eigenvalue weighted by Crippen LogP contribution is -2.25. The third-order valence-electron chi connectivity index (χ3n) is 3.02. The van der Waals surface area contributed by atoms with Crippen LogP contribution >= 0.6 is 11.6 Å². The minimum Gasteiger partial charge on any atom is -0.305 e. The highest BCUT2D eigenvalue weighted by molar-refractivity contribution is 6.32. The molecular formula is C16H10ClFN2O. The molecule has 3 nitrogen and oxygen atoms in total. The molecule has 0 radical (unpaired) electrons. The fourth-order valence-corrected chi connectivity index (χ4v) is 2.18. The number of amidine groups is 1. The third kappa shape index (κ3) is 2.71. The molecular weight excluding hydrogens is 291 g/mol. The summed E-state index contributed by atoms with van der Waals surface area (Å²) in [5, 5.41) is 3.08. The second-order valence-electron chi connectivity index (χ2n) is 4.45. The van der Waals surface area contributed by atoms with Gasteiger partial charge < -0.3 is 5.32 Å². The van der Waals surface area contributed by atoms with Crippen molar-refractivity contribution in [3.63, 3.8) is 0 Å². The summed E-state index contributed by atoms with van der Waals surface area (Å²) in [5.74, 6) is -0.611. The summed E-state index contributed by atoms with van der Waals surface area (Å²) >= 11 is 6.04. The molecule has 21 heavy (non-hydrogen) atoms. The lowest BCUT2D eigenvalue weighted by molar-refractivity contribution is -0.115. The largest absolute Gasteiger partial charge is 0.305 e. The van der Waals surface area contributed by atoms with Gasteiger partial charge >= 0.3 is 0 Å². The Balaban J connectivity index is 2.00. The molecule has 2 aromatic carbocycles. The van der Waals surface area contributed by atoms with Gasteiger partial charge in [0.2, 0.25) is 0 Å². The van der Waals surface area contributed by atoms with Crippen molar-refractivity contribution in [2.45, 2.75) is 0 Å². The van der Waals surface area contributed by atoms with Gasteiger partial charge in [-0.25, -0.2) is 9.38 Å². The fraction of sp³-hybridized carbons (Fsp3) is 0. The number of amides is 1. The van der Waals surface area contributed by atoms with E-state index < -0.39 is 5.82 Å². The molecule has 0 atom stereocenters. The van der Waals surface area contributed by atoms with Crippen molar-refractivity contribution in [1.82, 2.24) is 5.32 Å². The normalized spacial score (nSPS) is 16.0. The maximum absolute atomic E-state index is 13.7. The minimum atomic E-state index is -0.435. The summed E-state index contributed by atoms with van der Waals surface area (Å²) in [6.07, 6.45) is 1.57. The number of hydrogen-bond acceptors (Lipinski definition) is 2. The molecule has 0 bridgehead atoms. The van der Waals surface area contributed by atoms with Gasteiger partial charge in [0.05, 0.1) is 5.56 Å². The van der Waals surface area contributed by atoms with Crippen molar-refractivity contribution in [3.05, 3.63) is 76.2 Å². The van der Waals surface area contributed by atoms with Gasteiger partial charge in [0.15, 0.2) is 0 Å². The number of halogens is 2. The number of hydrogen-bond donors (Lipinski definition) is 1. The molecule has 0 saturated heterocycles. The van der Waals surface area contributed by atoms with Gasteiger partial charge in [0.1, 0.15) is 17.3 Å². The van der Waals surface area contributed by atoms with Gasteiger partial charge in [0.25, 0.3) is 5.91 Å². The molecule has 0 saturated carbocycles. The van der Waals surface area contributed by atoms with Crippen molar-refractivity contribution in [3.8, 4) is 0 Å². The number of carbonyl (C=O) groups excluding carboxylic acids is 1. The zero-order valence-electron chi connectivity index (χ0n) is 10.8. The molecule has 1 N–H and O–H groups in total. The van der Waals surface area contributed by atoms with Crippen molar-refractivity contribution in [2.75, 3.05) is 0 Å². The molecule has 0 fully saturated rings. The first-order valence-corrected chi connectivity index (χ1v) is 6.64. The number of nitrogens with zero attached hydrogens (tertiary/aromatic N) is 1. The molecule has 0 spiro atoms. The molecule has 104 valence electrons. The topological polar surface area (TPSA) is 41.5 Å². The maximum atomic E-state index is 13.7. The van der Waals surface area contributed by atoms with Crippen LogP contribution in [-0.2, 0) is 4.79 Å². The summed E-state index contributed by atoms with van der Waals surface area (Å²) in [5.41, 5.74) is 1.14. The van der Waals surface area contributed by atoms with Crippen molar-refractivity contribution >= 4 is 29.4 Å². The molecule has 2 aromatic rings. The van der Waals surface area contributed by atoms with Crippen molar-refractivity contribution in [1.29, 1.82) is 0 Å². The Morgan fingerprint density at radius 1 is 1.10 bits per heavy atom. The average Bonchev–Trinajstić information content (AvgIpc) is 2.83. The predicted octanol–water partition coefficient (Wildman–Crippen LogP) is 3.40. The highest BCUT2D eigenvalue weighted by Crippen LogP contribution is 2.21. The van der Waals surface area contributed by atoms with Gasteiger partial charge in [-0.15, -0.1) is 0 Å². The van der Waals surface area contributed by atoms with E-state index in [4.69, 9.17) is 11.6 Å². The van der Waals surface area contributed by atoms with Crippen LogP contribution in [0.5, 0.6) is 0 Å². The van der Waals surface area contributed by atoms with Gasteiger partial charge in [-0.3, -0.25) is 4.79 Å². The van der Waals surface area contributed by atoms with E-state index in [0.717, 1.165) is 0 Å². The second kappa shape index (κ2) is 5.50. The molecule has 1 amide bonds. The van der Waals surface area contributed by atoms with Crippen LogP contribution in [0.25, 0.3) is 6.08 Å². The van der Waals surface area contributed by atoms with Gasteiger partial charge in [-0.1, -0.05) is 41.9 Å². The van der Waals surface area contributed by atoms with Gasteiger partial charge in [-0.2, -0.15) is 0 Å². The molecule has 1 aliphatic rings. The number of benzene rings is 2. The lowest BCUT2D eigenvalue weighted by Gasteiger charge is -2.00. The first-order valence-electron chi connectivity index (χ1n) is 6.26. The second-order valence-corrected chi connectivity index (χ2v) is 4.85. The van der Waals surface area contributed by atoms with Crippen LogP contribution in [0.3, 0.4) is 0 Å². The zero-order valence-corrected chi connectivity index (χ0v) is 11.6. The van der Waals surface area contributed by atoms with E-state index in [1.165, 1.54) is 6.07 Å². The zero-order chi connectivity index (χ0) is 14.8. The van der Waals surface area contributed by atoms with Crippen molar-refractivity contribution < 1.29 is 9.18 Å². The standard InChI is InChI=1S/C16H10ClFN2O/c17-12-7-3-1-5-10(12)9-14-16(21)20-15(19-14)11-6-2-4-8-13(11)18/h1-9H,(H,19,20,21). The number of rotatable bonds is 2. The van der Waals surface area contributed by atoms with Crippen molar-refractivity contribution in [2.24, 2.45) is 4.99 Å². The average molecular weight is 301 g/mol. The SMILES string of the molecule is O=C1NC(c2ccccc2F)=NC1=Cc1ccccc1Cl. The Morgan fingerprint density at radius 3 is 2.57 bits per heavy atom. The first-order chi connectivity index (χ1) is 10.1. The number of aliphatic imine (C=N–C) groups is 1. The predicted molar refractivity (Wildman–Crippen MR) is 80.5 cm³/mol. The van der Waals surface area contributed by atoms with E-state index in [-0.39, 0.29) is 23.0 Å². The molecule has 0 aliphatic carbocycles. The Morgan fingerprint density at radius 2 is 1.81 bits per heavy atom. The van der Waals surface area contributed by atoms with Crippen LogP contribution in [0.15, 0.2) is 59.2 Å². The Labute approximate surface area is 125 Å². The molecule has 0 aromatic heterocycles. The molecule has 1 heterocycles. The van der Waals surface area contributed by atoms with Crippen LogP contribution in [0.4, 0.5) is 4.39 Å². The van der Waals surface area contributed by atoms with Gasteiger partial charge in [-0.05, 0) is 29.8 Å². The highest BCUT2D eigenvalue weighted by Gasteiger charge is 2.23. The van der Waals surface area contributed by atoms with Crippen LogP contribution in [-0.4, -0.2) is 11.7 Å². The smallest absolute Gasteiger partial charge is 0.275 e. The van der Waals surface area contributed by atoms with E-state index in [2.05, 4.69) is 10.3 Å². The maximum Gasteiger partial charge on any atom is 0.275 e. The Hall–Kier alpha value is -2.46. The van der Waals surface area contributed by atoms with E-state index >= 15 is 0 Å². The fourth-order valence-electron chi connectivity index (χ4n) is 1.99. The quantitative estimate of drug-likeness (QED) is 0.849. The molecule has 1 aliphatic heterocycles. The molecule has 3 rings (SSSR count). The van der Waals surface area contributed by atoms with E-state index in [9.17, 15) is 9.18 Å². The van der Waals surface area contributed by atoms with Crippen LogP contribution in [0, 0.1) is 5.82 Å². The number of nitrogens with one attached hydrogen (secondary N) is 1. The van der Waals surface area contributed by atoms with Crippen LogP contribution in [0.2, 0.25) is 5.02 Å². The highest BCUT2D eigenvalue weighted by atomic mass is 35.5. The summed E-state index contributed by atoms with van der Waals surface area (Å²) in [6.45, 7) is 0. The van der Waals surface area contributed by atoms with E-state index in [0.29, 0.717) is 10.6 Å². The Kier molecular flexibility index (Phi) is 3.54. The summed E-state index contributed by atoms with van der Waals surface area (Å²) in [4.78, 5) is 16.1. The van der Waals surface area contributed by atoms with Crippen LogP contribution < -0.4 is 5.32 Å². The van der Waals surface area contributed by atoms with Gasteiger partial charge in [0, 0.05) is 5.02 Å². The minimum absolute atomic E-state index is 0.196.